The summed E-state index contributed by atoms with van der Waals surface area (Å²) >= 11 is 0. The van der Waals surface area contributed by atoms with Crippen molar-refractivity contribution >= 4 is 11.6 Å². The molecule has 0 aliphatic rings. The maximum absolute atomic E-state index is 13.4. The van der Waals surface area contributed by atoms with E-state index in [4.69, 9.17) is 0 Å². The minimum Gasteiger partial charge on any atom is -0.347 e. The highest BCUT2D eigenvalue weighted by Crippen LogP contribution is 2.23. The molecule has 0 saturated heterocycles. The van der Waals surface area contributed by atoms with Gasteiger partial charge in [-0.1, -0.05) is 12.1 Å². The lowest BCUT2D eigenvalue weighted by Crippen LogP contribution is -2.41. The van der Waals surface area contributed by atoms with Crippen LogP contribution in [0.5, 0.6) is 0 Å². The van der Waals surface area contributed by atoms with Crippen LogP contribution in [0.15, 0.2) is 24.3 Å². The Morgan fingerprint density at radius 1 is 1.40 bits per heavy atom. The number of carbonyl (C=O) groups excluding carboxylic acids is 1. The van der Waals surface area contributed by atoms with E-state index in [0.29, 0.717) is 17.0 Å². The van der Waals surface area contributed by atoms with Gasteiger partial charge in [-0.25, -0.2) is 4.39 Å². The second kappa shape index (κ2) is 7.00. The van der Waals surface area contributed by atoms with Crippen LogP contribution in [0.3, 0.4) is 0 Å². The molecule has 0 radical (unpaired) electrons. The van der Waals surface area contributed by atoms with Gasteiger partial charge in [0, 0.05) is 6.42 Å². The monoisotopic (exact) mass is 348 g/mol. The first kappa shape index (κ1) is 18.6. The van der Waals surface area contributed by atoms with Crippen LogP contribution in [0.1, 0.15) is 37.2 Å². The van der Waals surface area contributed by atoms with Gasteiger partial charge >= 0.3 is 5.69 Å². The van der Waals surface area contributed by atoms with Gasteiger partial charge in [-0.2, -0.15) is 5.10 Å². The molecule has 0 saturated carbocycles. The minimum absolute atomic E-state index is 0.0273. The van der Waals surface area contributed by atoms with E-state index >= 15 is 0 Å². The van der Waals surface area contributed by atoms with Crippen molar-refractivity contribution in [1.82, 2.24) is 15.1 Å². The number of halogens is 1. The van der Waals surface area contributed by atoms with Crippen LogP contribution in [0.2, 0.25) is 0 Å². The van der Waals surface area contributed by atoms with E-state index in [0.717, 1.165) is 0 Å². The van der Waals surface area contributed by atoms with Gasteiger partial charge in [0.05, 0.1) is 17.0 Å². The predicted molar refractivity (Wildman–Crippen MR) is 90.5 cm³/mol. The number of aryl methyl sites for hydroxylation is 2. The molecule has 1 aromatic carbocycles. The molecule has 0 spiro atoms. The first-order chi connectivity index (χ1) is 11.6. The lowest BCUT2D eigenvalue weighted by atomic mass is 9.94. The molecule has 1 heterocycles. The predicted octanol–water partition coefficient (Wildman–Crippen LogP) is 2.99. The molecule has 7 nitrogen and oxygen atoms in total. The van der Waals surface area contributed by atoms with Crippen LogP contribution >= 0.6 is 0 Å². The fourth-order valence-electron chi connectivity index (χ4n) is 2.74. The fourth-order valence-corrected chi connectivity index (χ4v) is 2.74. The number of amides is 1. The van der Waals surface area contributed by atoms with Crippen molar-refractivity contribution in [3.8, 4) is 0 Å². The average Bonchev–Trinajstić information content (AvgIpc) is 2.79. The van der Waals surface area contributed by atoms with Crippen molar-refractivity contribution in [3.05, 3.63) is 57.1 Å². The summed E-state index contributed by atoms with van der Waals surface area (Å²) in [5.41, 5.74) is 0.631. The molecule has 0 atom stereocenters. The largest absolute Gasteiger partial charge is 0.347 e. The number of hydrogen-bond acceptors (Lipinski definition) is 4. The van der Waals surface area contributed by atoms with E-state index in [1.165, 1.54) is 16.8 Å². The third kappa shape index (κ3) is 4.20. The Hall–Kier alpha value is -2.77. The molecule has 0 fully saturated rings. The number of rotatable bonds is 6. The van der Waals surface area contributed by atoms with Crippen LogP contribution in [0.4, 0.5) is 10.1 Å². The van der Waals surface area contributed by atoms with Gasteiger partial charge in [0.2, 0.25) is 5.91 Å². The van der Waals surface area contributed by atoms with Gasteiger partial charge in [-0.15, -0.1) is 0 Å². The highest BCUT2D eigenvalue weighted by atomic mass is 19.1. The highest BCUT2D eigenvalue weighted by molar-refractivity contribution is 5.76. The Bertz CT molecular complexity index is 814. The van der Waals surface area contributed by atoms with Crippen molar-refractivity contribution in [2.45, 2.75) is 46.2 Å². The Morgan fingerprint density at radius 3 is 2.64 bits per heavy atom. The summed E-state index contributed by atoms with van der Waals surface area (Å²) in [6, 6.07) is 6.06. The quantitative estimate of drug-likeness (QED) is 0.642. The number of nitro groups is 1. The summed E-state index contributed by atoms with van der Waals surface area (Å²) in [6.45, 7) is 6.97. The second-order valence-electron chi connectivity index (χ2n) is 6.43. The van der Waals surface area contributed by atoms with E-state index in [-0.39, 0.29) is 30.4 Å². The number of hydrogen-bond donors (Lipinski definition) is 1. The van der Waals surface area contributed by atoms with Crippen molar-refractivity contribution < 1.29 is 14.1 Å². The van der Waals surface area contributed by atoms with Gasteiger partial charge < -0.3 is 5.32 Å². The van der Waals surface area contributed by atoms with E-state index < -0.39 is 10.5 Å². The van der Waals surface area contributed by atoms with E-state index in [1.54, 1.807) is 39.8 Å². The summed E-state index contributed by atoms with van der Waals surface area (Å²) in [5.74, 6) is -0.612. The Morgan fingerprint density at radius 2 is 2.08 bits per heavy atom. The maximum Gasteiger partial charge on any atom is 0.312 e. The van der Waals surface area contributed by atoms with Gasteiger partial charge in [0.25, 0.3) is 0 Å². The molecule has 2 aromatic rings. The zero-order valence-electron chi connectivity index (χ0n) is 14.7. The molecule has 8 heteroatoms. The van der Waals surface area contributed by atoms with Crippen molar-refractivity contribution in [1.29, 1.82) is 0 Å². The van der Waals surface area contributed by atoms with Gasteiger partial charge in [0.1, 0.15) is 17.2 Å². The average molecular weight is 348 g/mol. The molecule has 1 amide bonds. The first-order valence-corrected chi connectivity index (χ1v) is 7.87. The summed E-state index contributed by atoms with van der Waals surface area (Å²) < 4.78 is 14.8. The summed E-state index contributed by atoms with van der Waals surface area (Å²) in [6.07, 6.45) is 0.109. The lowest BCUT2D eigenvalue weighted by Gasteiger charge is -2.27. The van der Waals surface area contributed by atoms with Crippen LogP contribution in [-0.4, -0.2) is 20.6 Å². The molecule has 0 aliphatic carbocycles. The highest BCUT2D eigenvalue weighted by Gasteiger charge is 2.25. The first-order valence-electron chi connectivity index (χ1n) is 7.87. The molecule has 0 aliphatic heterocycles. The van der Waals surface area contributed by atoms with Crippen LogP contribution in [0, 0.1) is 29.8 Å². The molecular weight excluding hydrogens is 327 g/mol. The maximum atomic E-state index is 13.4. The molecule has 0 unspecified atom stereocenters. The summed E-state index contributed by atoms with van der Waals surface area (Å²) in [7, 11) is 0. The number of benzene rings is 1. The SMILES string of the molecule is Cc1nn(CCC(=O)NC(C)(C)c2cccc(F)c2)c(C)c1[N+](=O)[O-]. The summed E-state index contributed by atoms with van der Waals surface area (Å²) in [5, 5.41) is 18.0. The zero-order chi connectivity index (χ0) is 18.8. The van der Waals surface area contributed by atoms with Gasteiger partial charge in [0.15, 0.2) is 0 Å². The van der Waals surface area contributed by atoms with Crippen molar-refractivity contribution in [3.63, 3.8) is 0 Å². The molecular formula is C17H21FN4O3. The van der Waals surface area contributed by atoms with E-state index in [1.807, 2.05) is 0 Å². The minimum atomic E-state index is -0.736. The Balaban J connectivity index is 2.04. The number of aromatic nitrogens is 2. The Labute approximate surface area is 145 Å². The van der Waals surface area contributed by atoms with Gasteiger partial charge in [-0.3, -0.25) is 19.6 Å². The topological polar surface area (TPSA) is 90.1 Å². The summed E-state index contributed by atoms with van der Waals surface area (Å²) in [4.78, 5) is 22.8. The molecule has 1 N–H and O–H groups in total. The molecule has 134 valence electrons. The fraction of sp³-hybridized carbons (Fsp3) is 0.412. The zero-order valence-corrected chi connectivity index (χ0v) is 14.7. The van der Waals surface area contributed by atoms with Crippen LogP contribution in [0.25, 0.3) is 0 Å². The van der Waals surface area contributed by atoms with Crippen molar-refractivity contribution in [2.24, 2.45) is 0 Å². The molecule has 1 aromatic heterocycles. The van der Waals surface area contributed by atoms with Crippen molar-refractivity contribution in [2.75, 3.05) is 0 Å². The lowest BCUT2D eigenvalue weighted by molar-refractivity contribution is -0.386. The number of carbonyl (C=O) groups is 1. The van der Waals surface area contributed by atoms with Crippen LogP contribution in [-0.2, 0) is 16.9 Å². The molecule has 0 bridgehead atoms. The third-order valence-electron chi connectivity index (χ3n) is 4.07. The molecule has 2 rings (SSSR count). The van der Waals surface area contributed by atoms with E-state index in [2.05, 4.69) is 10.4 Å². The number of nitrogens with one attached hydrogen (secondary N) is 1. The normalized spacial score (nSPS) is 11.4. The third-order valence-corrected chi connectivity index (χ3v) is 4.07. The van der Waals surface area contributed by atoms with Crippen LogP contribution < -0.4 is 5.32 Å². The Kier molecular flexibility index (Phi) is 5.20. The van der Waals surface area contributed by atoms with E-state index in [9.17, 15) is 19.3 Å². The smallest absolute Gasteiger partial charge is 0.312 e. The number of nitrogens with zero attached hydrogens (tertiary/aromatic N) is 3. The molecule has 25 heavy (non-hydrogen) atoms. The van der Waals surface area contributed by atoms with Gasteiger partial charge in [-0.05, 0) is 45.4 Å². The second-order valence-corrected chi connectivity index (χ2v) is 6.43. The standard InChI is InChI=1S/C17H21FN4O3/c1-11-16(22(24)25)12(2)21(20-11)9-8-15(23)19-17(3,4)13-6-5-7-14(18)10-13/h5-7,10H,8-9H2,1-4H3,(H,19,23).